The molecule has 0 aliphatic carbocycles. The van der Waals surface area contributed by atoms with Crippen molar-refractivity contribution in [2.45, 2.75) is 16.9 Å². The molecule has 2 nitrogen and oxygen atoms in total. The molecule has 0 spiro atoms. The highest BCUT2D eigenvalue weighted by molar-refractivity contribution is 8.01. The Bertz CT molecular complexity index is 62.8. The lowest BCUT2D eigenvalue weighted by Gasteiger charge is -2.31. The van der Waals surface area contributed by atoms with E-state index in [-0.39, 0.29) is 13.2 Å². The van der Waals surface area contributed by atoms with Gasteiger partial charge in [-0.05, 0) is 6.42 Å². The standard InChI is InChI=1S/C5H10O2S/c6-2-4-1-5(3-7)8-4/h4-7H,1-3H2. The van der Waals surface area contributed by atoms with Gasteiger partial charge in [-0.25, -0.2) is 0 Å². The highest BCUT2D eigenvalue weighted by Crippen LogP contribution is 2.35. The van der Waals surface area contributed by atoms with Gasteiger partial charge in [-0.15, -0.1) is 0 Å². The minimum absolute atomic E-state index is 0.265. The SMILES string of the molecule is OCC1CC(CO)S1. The van der Waals surface area contributed by atoms with E-state index in [9.17, 15) is 0 Å². The minimum Gasteiger partial charge on any atom is -0.395 e. The summed E-state index contributed by atoms with van der Waals surface area (Å²) in [4.78, 5) is 0. The molecule has 1 fully saturated rings. The average molecular weight is 134 g/mol. The van der Waals surface area contributed by atoms with E-state index in [0.717, 1.165) is 6.42 Å². The predicted molar refractivity (Wildman–Crippen MR) is 34.0 cm³/mol. The summed E-state index contributed by atoms with van der Waals surface area (Å²) in [6.07, 6.45) is 0.984. The maximum Gasteiger partial charge on any atom is 0.0550 e. The molecule has 0 aromatic heterocycles. The van der Waals surface area contributed by atoms with Crippen LogP contribution in [-0.4, -0.2) is 33.9 Å². The lowest BCUT2D eigenvalue weighted by Crippen LogP contribution is -2.31. The predicted octanol–water partition coefficient (Wildman–Crippen LogP) is -0.155. The van der Waals surface area contributed by atoms with E-state index in [0.29, 0.717) is 10.5 Å². The largest absolute Gasteiger partial charge is 0.395 e. The summed E-state index contributed by atoms with van der Waals surface area (Å²) < 4.78 is 0. The summed E-state index contributed by atoms with van der Waals surface area (Å²) in [6.45, 7) is 0.530. The van der Waals surface area contributed by atoms with Gasteiger partial charge in [-0.3, -0.25) is 0 Å². The Labute approximate surface area is 52.9 Å². The number of hydrogen-bond acceptors (Lipinski definition) is 3. The van der Waals surface area contributed by atoms with Gasteiger partial charge in [0.1, 0.15) is 0 Å². The van der Waals surface area contributed by atoms with E-state index in [1.54, 1.807) is 11.8 Å². The van der Waals surface area contributed by atoms with Crippen LogP contribution in [0.2, 0.25) is 0 Å². The van der Waals surface area contributed by atoms with Gasteiger partial charge >= 0.3 is 0 Å². The van der Waals surface area contributed by atoms with Crippen LogP contribution in [0, 0.1) is 0 Å². The molecule has 0 amide bonds. The summed E-state index contributed by atoms with van der Waals surface area (Å²) in [5, 5.41) is 17.8. The molecule has 8 heavy (non-hydrogen) atoms. The van der Waals surface area contributed by atoms with Gasteiger partial charge in [0.15, 0.2) is 0 Å². The first-order valence-corrected chi connectivity index (χ1v) is 3.68. The monoisotopic (exact) mass is 134 g/mol. The van der Waals surface area contributed by atoms with E-state index < -0.39 is 0 Å². The van der Waals surface area contributed by atoms with Gasteiger partial charge in [-0.1, -0.05) is 0 Å². The summed E-state index contributed by atoms with van der Waals surface area (Å²) >= 11 is 1.67. The lowest BCUT2D eigenvalue weighted by atomic mass is 10.2. The van der Waals surface area contributed by atoms with E-state index in [4.69, 9.17) is 10.2 Å². The second kappa shape index (κ2) is 2.71. The van der Waals surface area contributed by atoms with Crippen LogP contribution < -0.4 is 0 Å². The second-order valence-electron chi connectivity index (χ2n) is 1.98. The maximum atomic E-state index is 8.50. The van der Waals surface area contributed by atoms with E-state index in [1.807, 2.05) is 0 Å². The van der Waals surface area contributed by atoms with Crippen molar-refractivity contribution >= 4 is 11.8 Å². The van der Waals surface area contributed by atoms with E-state index in [2.05, 4.69) is 0 Å². The zero-order chi connectivity index (χ0) is 5.98. The summed E-state index contributed by atoms with van der Waals surface area (Å²) in [5.74, 6) is 0. The van der Waals surface area contributed by atoms with Crippen molar-refractivity contribution in [3.05, 3.63) is 0 Å². The Kier molecular flexibility index (Phi) is 2.16. The molecule has 1 aliphatic rings. The molecule has 1 saturated heterocycles. The van der Waals surface area contributed by atoms with Crippen molar-refractivity contribution in [2.75, 3.05) is 13.2 Å². The normalized spacial score (nSPS) is 36.8. The molecule has 3 heteroatoms. The first-order valence-electron chi connectivity index (χ1n) is 2.74. The summed E-state index contributed by atoms with van der Waals surface area (Å²) in [7, 11) is 0. The number of rotatable bonds is 2. The van der Waals surface area contributed by atoms with Crippen LogP contribution >= 0.6 is 11.8 Å². The van der Waals surface area contributed by atoms with Crippen molar-refractivity contribution in [1.29, 1.82) is 0 Å². The van der Waals surface area contributed by atoms with Gasteiger partial charge in [0.05, 0.1) is 13.2 Å². The Balaban J connectivity index is 2.03. The zero-order valence-corrected chi connectivity index (χ0v) is 5.40. The van der Waals surface area contributed by atoms with Crippen LogP contribution in [0.5, 0.6) is 0 Å². The molecule has 1 aliphatic heterocycles. The molecular weight excluding hydrogens is 124 g/mol. The third-order valence-corrected chi connectivity index (χ3v) is 2.77. The molecular formula is C5H10O2S. The molecule has 1 heterocycles. The number of aliphatic hydroxyl groups is 2. The highest BCUT2D eigenvalue weighted by Gasteiger charge is 2.27. The summed E-state index contributed by atoms with van der Waals surface area (Å²) in [6, 6.07) is 0. The van der Waals surface area contributed by atoms with Gasteiger partial charge in [0.25, 0.3) is 0 Å². The minimum atomic E-state index is 0.265. The Morgan fingerprint density at radius 1 is 1.25 bits per heavy atom. The third kappa shape index (κ3) is 1.16. The lowest BCUT2D eigenvalue weighted by molar-refractivity contribution is 0.251. The molecule has 0 saturated carbocycles. The van der Waals surface area contributed by atoms with Gasteiger partial charge in [0.2, 0.25) is 0 Å². The van der Waals surface area contributed by atoms with Crippen molar-refractivity contribution < 1.29 is 10.2 Å². The van der Waals surface area contributed by atoms with Crippen molar-refractivity contribution in [1.82, 2.24) is 0 Å². The molecule has 48 valence electrons. The van der Waals surface area contributed by atoms with Crippen LogP contribution in [0.1, 0.15) is 6.42 Å². The Morgan fingerprint density at radius 3 is 1.88 bits per heavy atom. The van der Waals surface area contributed by atoms with Crippen molar-refractivity contribution in [3.8, 4) is 0 Å². The third-order valence-electron chi connectivity index (χ3n) is 1.32. The molecule has 0 aromatic carbocycles. The first kappa shape index (κ1) is 6.39. The van der Waals surface area contributed by atoms with E-state index in [1.165, 1.54) is 0 Å². The smallest absolute Gasteiger partial charge is 0.0550 e. The fourth-order valence-corrected chi connectivity index (χ4v) is 1.83. The highest BCUT2D eigenvalue weighted by atomic mass is 32.2. The molecule has 2 atom stereocenters. The molecule has 2 N–H and O–H groups in total. The molecule has 2 unspecified atom stereocenters. The van der Waals surface area contributed by atoms with Crippen molar-refractivity contribution in [2.24, 2.45) is 0 Å². The topological polar surface area (TPSA) is 40.5 Å². The Morgan fingerprint density at radius 2 is 1.62 bits per heavy atom. The molecule has 1 rings (SSSR count). The molecule has 0 radical (unpaired) electrons. The van der Waals surface area contributed by atoms with Crippen LogP contribution in [-0.2, 0) is 0 Å². The summed E-state index contributed by atoms with van der Waals surface area (Å²) in [5.41, 5.74) is 0. The van der Waals surface area contributed by atoms with Crippen molar-refractivity contribution in [3.63, 3.8) is 0 Å². The second-order valence-corrected chi connectivity index (χ2v) is 3.59. The molecule has 0 aromatic rings. The fraction of sp³-hybridized carbons (Fsp3) is 1.00. The van der Waals surface area contributed by atoms with Crippen LogP contribution in [0.15, 0.2) is 0 Å². The quantitative estimate of drug-likeness (QED) is 0.551. The van der Waals surface area contributed by atoms with Crippen LogP contribution in [0.25, 0.3) is 0 Å². The first-order chi connectivity index (χ1) is 3.86. The van der Waals surface area contributed by atoms with Crippen LogP contribution in [0.3, 0.4) is 0 Å². The molecule has 0 bridgehead atoms. The average Bonchev–Trinajstić information content (AvgIpc) is 1.65. The maximum absolute atomic E-state index is 8.50. The fourth-order valence-electron chi connectivity index (χ4n) is 0.789. The number of thioether (sulfide) groups is 1. The van der Waals surface area contributed by atoms with Gasteiger partial charge in [-0.2, -0.15) is 11.8 Å². The van der Waals surface area contributed by atoms with E-state index >= 15 is 0 Å². The Hall–Kier alpha value is 0.270. The van der Waals surface area contributed by atoms with Crippen LogP contribution in [0.4, 0.5) is 0 Å². The number of hydrogen-bond donors (Lipinski definition) is 2. The van der Waals surface area contributed by atoms with Gasteiger partial charge < -0.3 is 10.2 Å². The van der Waals surface area contributed by atoms with Gasteiger partial charge in [0, 0.05) is 10.5 Å². The zero-order valence-electron chi connectivity index (χ0n) is 4.58. The number of aliphatic hydroxyl groups excluding tert-OH is 2.